The van der Waals surface area contributed by atoms with Crippen LogP contribution in [-0.2, 0) is 17.0 Å². The van der Waals surface area contributed by atoms with Crippen LogP contribution >= 0.6 is 23.1 Å². The van der Waals surface area contributed by atoms with Gasteiger partial charge >= 0.3 is 0 Å². The van der Waals surface area contributed by atoms with Crippen molar-refractivity contribution in [3.05, 3.63) is 71.5 Å². The lowest BCUT2D eigenvalue weighted by atomic mass is 10.1. The molecule has 0 saturated heterocycles. The molecule has 128 valence electrons. The first kappa shape index (κ1) is 17.6. The molecule has 3 aromatic rings. The molecule has 25 heavy (non-hydrogen) atoms. The molecule has 4 nitrogen and oxygen atoms in total. The highest BCUT2D eigenvalue weighted by molar-refractivity contribution is 8.00. The average Bonchev–Trinajstić information content (AvgIpc) is 3.08. The van der Waals surface area contributed by atoms with E-state index in [4.69, 9.17) is 0 Å². The van der Waals surface area contributed by atoms with Gasteiger partial charge in [0.15, 0.2) is 4.34 Å². The largest absolute Gasteiger partial charge is 0.300 e. The Morgan fingerprint density at radius 3 is 2.56 bits per heavy atom. The summed E-state index contributed by atoms with van der Waals surface area (Å²) >= 11 is 2.85. The molecule has 1 N–H and O–H groups in total. The third kappa shape index (κ3) is 5.65. The monoisotopic (exact) mass is 373 g/mol. The SMILES string of the molecule is O=C(CCc1ccccc1)Nc1nnc(SCc2ccc(F)cc2)s1. The van der Waals surface area contributed by atoms with E-state index < -0.39 is 0 Å². The summed E-state index contributed by atoms with van der Waals surface area (Å²) in [6.45, 7) is 0. The van der Waals surface area contributed by atoms with Crippen LogP contribution in [0.5, 0.6) is 0 Å². The molecule has 1 amide bonds. The minimum Gasteiger partial charge on any atom is -0.300 e. The van der Waals surface area contributed by atoms with E-state index in [1.807, 2.05) is 30.3 Å². The molecule has 0 radical (unpaired) electrons. The van der Waals surface area contributed by atoms with Crippen LogP contribution in [0.25, 0.3) is 0 Å². The number of carbonyl (C=O) groups excluding carboxylic acids is 1. The molecule has 0 unspecified atom stereocenters. The van der Waals surface area contributed by atoms with Crippen molar-refractivity contribution in [3.8, 4) is 0 Å². The van der Waals surface area contributed by atoms with E-state index in [1.165, 1.54) is 35.2 Å². The van der Waals surface area contributed by atoms with Gasteiger partial charge in [0.2, 0.25) is 11.0 Å². The van der Waals surface area contributed by atoms with Crippen molar-refractivity contribution in [1.82, 2.24) is 10.2 Å². The van der Waals surface area contributed by atoms with Gasteiger partial charge in [-0.3, -0.25) is 4.79 Å². The second-order valence-corrected chi connectivity index (χ2v) is 7.52. The van der Waals surface area contributed by atoms with E-state index in [1.54, 1.807) is 12.1 Å². The summed E-state index contributed by atoms with van der Waals surface area (Å²) in [5.41, 5.74) is 2.14. The number of rotatable bonds is 7. The Kier molecular flexibility index (Phi) is 6.14. The molecular weight excluding hydrogens is 357 g/mol. The van der Waals surface area contributed by atoms with E-state index in [0.717, 1.165) is 15.5 Å². The summed E-state index contributed by atoms with van der Waals surface area (Å²) in [7, 11) is 0. The highest BCUT2D eigenvalue weighted by atomic mass is 32.2. The zero-order valence-electron chi connectivity index (χ0n) is 13.3. The van der Waals surface area contributed by atoms with Crippen LogP contribution < -0.4 is 5.32 Å². The quantitative estimate of drug-likeness (QED) is 0.488. The molecule has 0 fully saturated rings. The Balaban J connectivity index is 1.46. The van der Waals surface area contributed by atoms with Gasteiger partial charge in [-0.15, -0.1) is 10.2 Å². The van der Waals surface area contributed by atoms with Gasteiger partial charge in [0.1, 0.15) is 5.82 Å². The number of hydrogen-bond acceptors (Lipinski definition) is 5. The molecule has 2 aromatic carbocycles. The van der Waals surface area contributed by atoms with Crippen LogP contribution in [0.15, 0.2) is 58.9 Å². The second-order valence-electron chi connectivity index (χ2n) is 5.32. The van der Waals surface area contributed by atoms with Gasteiger partial charge in [0, 0.05) is 12.2 Å². The van der Waals surface area contributed by atoms with Gasteiger partial charge in [-0.05, 0) is 29.7 Å². The maximum atomic E-state index is 12.9. The summed E-state index contributed by atoms with van der Waals surface area (Å²) in [6, 6.07) is 16.3. The highest BCUT2D eigenvalue weighted by Crippen LogP contribution is 2.28. The molecule has 7 heteroatoms. The van der Waals surface area contributed by atoms with E-state index in [0.29, 0.717) is 23.7 Å². The zero-order valence-corrected chi connectivity index (χ0v) is 14.9. The van der Waals surface area contributed by atoms with Crippen LogP contribution in [0.4, 0.5) is 9.52 Å². The van der Waals surface area contributed by atoms with Gasteiger partial charge in [-0.25, -0.2) is 4.39 Å². The van der Waals surface area contributed by atoms with Crippen molar-refractivity contribution in [2.75, 3.05) is 5.32 Å². The van der Waals surface area contributed by atoms with Gasteiger partial charge in [-0.2, -0.15) is 0 Å². The van der Waals surface area contributed by atoms with Crippen LogP contribution in [0.3, 0.4) is 0 Å². The van der Waals surface area contributed by atoms with Crippen molar-refractivity contribution in [2.45, 2.75) is 22.9 Å². The van der Waals surface area contributed by atoms with Crippen molar-refractivity contribution in [1.29, 1.82) is 0 Å². The predicted octanol–water partition coefficient (Wildman–Crippen LogP) is 4.54. The van der Waals surface area contributed by atoms with Crippen molar-refractivity contribution in [2.24, 2.45) is 0 Å². The van der Waals surface area contributed by atoms with Crippen molar-refractivity contribution >= 4 is 34.1 Å². The molecular formula is C18H16FN3OS2. The Morgan fingerprint density at radius 2 is 1.80 bits per heavy atom. The number of anilines is 1. The number of carbonyl (C=O) groups is 1. The Hall–Kier alpha value is -2.25. The smallest absolute Gasteiger partial charge is 0.226 e. The summed E-state index contributed by atoms with van der Waals surface area (Å²) in [6.07, 6.45) is 1.10. The standard InChI is InChI=1S/C18H16FN3OS2/c19-15-9-6-14(7-10-15)12-24-18-22-21-17(25-18)20-16(23)11-8-13-4-2-1-3-5-13/h1-7,9-10H,8,11-12H2,(H,20,21,23). The van der Waals surface area contributed by atoms with E-state index >= 15 is 0 Å². The highest BCUT2D eigenvalue weighted by Gasteiger charge is 2.09. The van der Waals surface area contributed by atoms with E-state index in [-0.39, 0.29) is 11.7 Å². The Morgan fingerprint density at radius 1 is 1.04 bits per heavy atom. The molecule has 0 bridgehead atoms. The van der Waals surface area contributed by atoms with Gasteiger partial charge in [0.05, 0.1) is 0 Å². The van der Waals surface area contributed by atoms with E-state index in [2.05, 4.69) is 15.5 Å². The van der Waals surface area contributed by atoms with Gasteiger partial charge < -0.3 is 5.32 Å². The topological polar surface area (TPSA) is 54.9 Å². The van der Waals surface area contributed by atoms with Gasteiger partial charge in [-0.1, -0.05) is 65.6 Å². The first-order valence-corrected chi connectivity index (χ1v) is 9.54. The van der Waals surface area contributed by atoms with Crippen LogP contribution in [0, 0.1) is 5.82 Å². The number of nitrogens with zero attached hydrogens (tertiary/aromatic N) is 2. The first-order valence-electron chi connectivity index (χ1n) is 7.73. The van der Waals surface area contributed by atoms with E-state index in [9.17, 15) is 9.18 Å². The minimum atomic E-state index is -0.245. The average molecular weight is 373 g/mol. The van der Waals surface area contributed by atoms with Gasteiger partial charge in [0.25, 0.3) is 0 Å². The van der Waals surface area contributed by atoms with Crippen LogP contribution in [0.1, 0.15) is 17.5 Å². The molecule has 1 heterocycles. The number of amides is 1. The number of aromatic nitrogens is 2. The molecule has 1 aromatic heterocycles. The molecule has 0 saturated carbocycles. The summed E-state index contributed by atoms with van der Waals surface area (Å²) < 4.78 is 13.6. The summed E-state index contributed by atoms with van der Waals surface area (Å²) in [5, 5.41) is 11.3. The lowest BCUT2D eigenvalue weighted by Gasteiger charge is -2.01. The third-order valence-corrected chi connectivity index (χ3v) is 5.46. The summed E-state index contributed by atoms with van der Waals surface area (Å²) in [4.78, 5) is 12.0. The van der Waals surface area contributed by atoms with Crippen LogP contribution in [0.2, 0.25) is 0 Å². The first-order chi connectivity index (χ1) is 12.2. The molecule has 0 spiro atoms. The summed E-state index contributed by atoms with van der Waals surface area (Å²) in [5.74, 6) is 0.358. The number of hydrogen-bond donors (Lipinski definition) is 1. The van der Waals surface area contributed by atoms with Crippen LogP contribution in [-0.4, -0.2) is 16.1 Å². The fourth-order valence-corrected chi connectivity index (χ4v) is 3.85. The normalized spacial score (nSPS) is 10.6. The lowest BCUT2D eigenvalue weighted by Crippen LogP contribution is -2.12. The number of nitrogens with one attached hydrogen (secondary N) is 1. The predicted molar refractivity (Wildman–Crippen MR) is 99.3 cm³/mol. The van der Waals surface area contributed by atoms with Crippen molar-refractivity contribution in [3.63, 3.8) is 0 Å². The third-order valence-electron chi connectivity index (χ3n) is 3.41. The minimum absolute atomic E-state index is 0.0740. The maximum Gasteiger partial charge on any atom is 0.226 e. The number of benzene rings is 2. The molecule has 0 aliphatic rings. The maximum absolute atomic E-state index is 12.9. The fourth-order valence-electron chi connectivity index (χ4n) is 2.13. The second kappa shape index (κ2) is 8.73. The molecule has 0 aliphatic heterocycles. The lowest BCUT2D eigenvalue weighted by molar-refractivity contribution is -0.116. The number of aryl methyl sites for hydroxylation is 1. The molecule has 3 rings (SSSR count). The number of halogens is 1. The molecule has 0 atom stereocenters. The van der Waals surface area contributed by atoms with Crippen molar-refractivity contribution < 1.29 is 9.18 Å². The fraction of sp³-hybridized carbons (Fsp3) is 0.167. The zero-order chi connectivity index (χ0) is 17.5. The Labute approximate surface area is 153 Å². The Bertz CT molecular complexity index is 822. The molecule has 0 aliphatic carbocycles. The number of thioether (sulfide) groups is 1.